The Hall–Kier alpha value is -1.79. The third-order valence-corrected chi connectivity index (χ3v) is 4.93. The lowest BCUT2D eigenvalue weighted by atomic mass is 10.2. The van der Waals surface area contributed by atoms with Gasteiger partial charge in [0.15, 0.2) is 5.13 Å². The zero-order valence-electron chi connectivity index (χ0n) is 11.8. The molecule has 2 aliphatic rings. The number of thiazole rings is 1. The van der Waals surface area contributed by atoms with Crippen molar-refractivity contribution in [3.05, 3.63) is 40.2 Å². The van der Waals surface area contributed by atoms with Crippen molar-refractivity contribution in [2.24, 2.45) is 0 Å². The summed E-state index contributed by atoms with van der Waals surface area (Å²) in [6, 6.07) is 4.39. The van der Waals surface area contributed by atoms with Crippen LogP contribution in [0.1, 0.15) is 39.5 Å². The van der Waals surface area contributed by atoms with Gasteiger partial charge >= 0.3 is 0 Å². The van der Waals surface area contributed by atoms with Gasteiger partial charge in [-0.2, -0.15) is 0 Å². The lowest BCUT2D eigenvalue weighted by Crippen LogP contribution is -2.19. The Kier molecular flexibility index (Phi) is 3.01. The lowest BCUT2D eigenvalue weighted by Gasteiger charge is -2.12. The number of nitrogens with one attached hydrogen (secondary N) is 1. The second-order valence-electron chi connectivity index (χ2n) is 5.67. The van der Waals surface area contributed by atoms with Gasteiger partial charge in [0.1, 0.15) is 0 Å². The molecule has 0 saturated heterocycles. The minimum Gasteiger partial charge on any atom is -0.298 e. The first kappa shape index (κ1) is 12.9. The van der Waals surface area contributed by atoms with Crippen molar-refractivity contribution < 1.29 is 4.79 Å². The van der Waals surface area contributed by atoms with Crippen LogP contribution < -0.4 is 5.32 Å². The average Bonchev–Trinajstić information content (AvgIpc) is 3.13. The molecule has 1 N–H and O–H groups in total. The molecule has 0 unspecified atom stereocenters. The van der Waals surface area contributed by atoms with E-state index < -0.39 is 0 Å². The fourth-order valence-corrected chi connectivity index (χ4v) is 3.58. The second-order valence-corrected chi connectivity index (χ2v) is 6.75. The van der Waals surface area contributed by atoms with Crippen molar-refractivity contribution in [3.63, 3.8) is 0 Å². The molecule has 1 amide bonds. The summed E-state index contributed by atoms with van der Waals surface area (Å²) in [5.74, 6) is -0.144. The molecular formula is C15H16N4OS. The highest BCUT2D eigenvalue weighted by Gasteiger charge is 2.34. The van der Waals surface area contributed by atoms with Gasteiger partial charge in [-0.3, -0.25) is 20.0 Å². The Labute approximate surface area is 127 Å². The van der Waals surface area contributed by atoms with E-state index in [-0.39, 0.29) is 5.91 Å². The van der Waals surface area contributed by atoms with E-state index in [1.165, 1.54) is 17.7 Å². The van der Waals surface area contributed by atoms with Crippen LogP contribution in [-0.2, 0) is 13.1 Å². The van der Waals surface area contributed by atoms with Gasteiger partial charge in [-0.25, -0.2) is 4.98 Å². The topological polar surface area (TPSA) is 58.1 Å². The number of fused-ring (bicyclic) bond motifs is 1. The molecule has 1 aliphatic heterocycles. The van der Waals surface area contributed by atoms with E-state index in [0.29, 0.717) is 10.7 Å². The molecule has 0 atom stereocenters. The number of aryl methyl sites for hydroxylation is 1. The van der Waals surface area contributed by atoms with Crippen LogP contribution in [0.5, 0.6) is 0 Å². The molecule has 1 saturated carbocycles. The molecule has 2 aromatic rings. The van der Waals surface area contributed by atoms with Gasteiger partial charge in [0.05, 0.1) is 11.3 Å². The molecule has 21 heavy (non-hydrogen) atoms. The van der Waals surface area contributed by atoms with Crippen LogP contribution in [-0.4, -0.2) is 26.8 Å². The second kappa shape index (κ2) is 4.89. The number of anilines is 1. The van der Waals surface area contributed by atoms with Crippen molar-refractivity contribution >= 4 is 22.4 Å². The van der Waals surface area contributed by atoms with Crippen molar-refractivity contribution in [3.8, 4) is 0 Å². The molecule has 6 heteroatoms. The van der Waals surface area contributed by atoms with Gasteiger partial charge in [-0.1, -0.05) is 0 Å². The predicted molar refractivity (Wildman–Crippen MR) is 81.3 cm³/mol. The monoisotopic (exact) mass is 300 g/mol. The number of hydrogen-bond acceptors (Lipinski definition) is 5. The van der Waals surface area contributed by atoms with Gasteiger partial charge in [0, 0.05) is 35.9 Å². The lowest BCUT2D eigenvalue weighted by molar-refractivity contribution is 0.102. The third-order valence-electron chi connectivity index (χ3n) is 3.94. The summed E-state index contributed by atoms with van der Waals surface area (Å²) in [6.45, 7) is 3.82. The maximum absolute atomic E-state index is 12.1. The first-order chi connectivity index (χ1) is 10.2. The number of hydrogen-bond donors (Lipinski definition) is 1. The molecule has 2 aromatic heterocycles. The van der Waals surface area contributed by atoms with Gasteiger partial charge in [-0.05, 0) is 31.9 Å². The molecule has 5 nitrogen and oxygen atoms in total. The molecule has 1 aliphatic carbocycles. The Morgan fingerprint density at radius 3 is 2.90 bits per heavy atom. The normalized spacial score (nSPS) is 17.8. The highest BCUT2D eigenvalue weighted by Crippen LogP contribution is 2.37. The first-order valence-corrected chi connectivity index (χ1v) is 7.97. The number of aromatic nitrogens is 2. The van der Waals surface area contributed by atoms with Crippen LogP contribution in [0.3, 0.4) is 0 Å². The number of pyridine rings is 1. The van der Waals surface area contributed by atoms with E-state index in [1.807, 2.05) is 13.0 Å². The molecule has 0 bridgehead atoms. The fraction of sp³-hybridized carbons (Fsp3) is 0.400. The van der Waals surface area contributed by atoms with E-state index in [2.05, 4.69) is 20.2 Å². The number of nitrogens with zero attached hydrogens (tertiary/aromatic N) is 3. The Morgan fingerprint density at radius 2 is 2.24 bits per heavy atom. The van der Waals surface area contributed by atoms with E-state index in [4.69, 9.17) is 0 Å². The first-order valence-electron chi connectivity index (χ1n) is 7.16. The molecule has 3 heterocycles. The highest BCUT2D eigenvalue weighted by atomic mass is 32.1. The summed E-state index contributed by atoms with van der Waals surface area (Å²) >= 11 is 1.59. The minimum absolute atomic E-state index is 0.144. The van der Waals surface area contributed by atoms with Crippen LogP contribution >= 0.6 is 11.3 Å². The van der Waals surface area contributed by atoms with E-state index in [1.54, 1.807) is 23.6 Å². The average molecular weight is 300 g/mol. The third kappa shape index (κ3) is 2.56. The van der Waals surface area contributed by atoms with Crippen molar-refractivity contribution in [1.82, 2.24) is 14.9 Å². The summed E-state index contributed by atoms with van der Waals surface area (Å²) in [5.41, 5.74) is 2.60. The van der Waals surface area contributed by atoms with Gasteiger partial charge in [0.2, 0.25) is 0 Å². The molecule has 0 aromatic carbocycles. The largest absolute Gasteiger partial charge is 0.298 e. The van der Waals surface area contributed by atoms with E-state index in [9.17, 15) is 4.79 Å². The summed E-state index contributed by atoms with van der Waals surface area (Å²) in [6.07, 6.45) is 4.23. The summed E-state index contributed by atoms with van der Waals surface area (Å²) in [4.78, 5) is 24.6. The Morgan fingerprint density at radius 1 is 1.38 bits per heavy atom. The number of carbonyl (C=O) groups excluding carboxylic acids is 1. The van der Waals surface area contributed by atoms with Gasteiger partial charge in [-0.15, -0.1) is 11.3 Å². The minimum atomic E-state index is -0.144. The van der Waals surface area contributed by atoms with Crippen molar-refractivity contribution in [2.75, 3.05) is 5.32 Å². The quantitative estimate of drug-likeness (QED) is 0.946. The fourth-order valence-electron chi connectivity index (χ4n) is 2.59. The molecule has 4 rings (SSSR count). The van der Waals surface area contributed by atoms with E-state index in [0.717, 1.165) is 30.5 Å². The number of amides is 1. The Balaban J connectivity index is 1.45. The van der Waals surface area contributed by atoms with Crippen LogP contribution in [0.2, 0.25) is 0 Å². The van der Waals surface area contributed by atoms with Gasteiger partial charge in [0.25, 0.3) is 5.91 Å². The SMILES string of the molecule is Cc1ccc(C(=O)Nc2nc3c(s2)CN(C2CC2)C3)cn1. The van der Waals surface area contributed by atoms with Crippen molar-refractivity contribution in [1.29, 1.82) is 0 Å². The molecule has 0 radical (unpaired) electrons. The summed E-state index contributed by atoms with van der Waals surface area (Å²) in [7, 11) is 0. The number of carbonyl (C=O) groups is 1. The smallest absolute Gasteiger partial charge is 0.259 e. The number of rotatable bonds is 3. The standard InChI is InChI=1S/C15H16N4OS/c1-9-2-3-10(6-16-9)14(20)18-15-17-12-7-19(11-4-5-11)8-13(12)21-15/h2-3,6,11H,4-5,7-8H2,1H3,(H,17,18,20). The van der Waals surface area contributed by atoms with Crippen LogP contribution in [0.4, 0.5) is 5.13 Å². The summed E-state index contributed by atoms with van der Waals surface area (Å²) < 4.78 is 0. The van der Waals surface area contributed by atoms with Crippen LogP contribution in [0, 0.1) is 6.92 Å². The zero-order valence-corrected chi connectivity index (χ0v) is 12.6. The molecule has 1 fully saturated rings. The van der Waals surface area contributed by atoms with Crippen LogP contribution in [0.15, 0.2) is 18.3 Å². The molecular weight excluding hydrogens is 284 g/mol. The highest BCUT2D eigenvalue weighted by molar-refractivity contribution is 7.15. The van der Waals surface area contributed by atoms with Crippen molar-refractivity contribution in [2.45, 2.75) is 38.9 Å². The maximum Gasteiger partial charge on any atom is 0.259 e. The van der Waals surface area contributed by atoms with Gasteiger partial charge < -0.3 is 0 Å². The molecule has 0 spiro atoms. The zero-order chi connectivity index (χ0) is 14.4. The summed E-state index contributed by atoms with van der Waals surface area (Å²) in [5, 5.41) is 3.57. The van der Waals surface area contributed by atoms with Crippen LogP contribution in [0.25, 0.3) is 0 Å². The maximum atomic E-state index is 12.1. The predicted octanol–water partition coefficient (Wildman–Crippen LogP) is 2.58. The van der Waals surface area contributed by atoms with E-state index >= 15 is 0 Å². The molecule has 108 valence electrons. The Bertz CT molecular complexity index is 667.